The quantitative estimate of drug-likeness (QED) is 0.555. The summed E-state index contributed by atoms with van der Waals surface area (Å²) in [6.45, 7) is 0.402. The van der Waals surface area contributed by atoms with Crippen LogP contribution in [-0.2, 0) is 10.0 Å². The highest BCUT2D eigenvalue weighted by molar-refractivity contribution is 7.89. The van der Waals surface area contributed by atoms with Gasteiger partial charge >= 0.3 is 0 Å². The van der Waals surface area contributed by atoms with Gasteiger partial charge in [-0.2, -0.15) is 0 Å². The minimum atomic E-state index is -2.94. The molecule has 6 heteroatoms. The highest BCUT2D eigenvalue weighted by Gasteiger charge is 2.24. The lowest BCUT2D eigenvalue weighted by Gasteiger charge is -2.01. The molecule has 10 heavy (non-hydrogen) atoms. The van der Waals surface area contributed by atoms with Crippen molar-refractivity contribution in [2.75, 3.05) is 12.3 Å². The van der Waals surface area contributed by atoms with Crippen molar-refractivity contribution >= 4 is 22.4 Å². The van der Waals surface area contributed by atoms with E-state index in [-0.39, 0.29) is 24.2 Å². The van der Waals surface area contributed by atoms with Gasteiger partial charge in [-0.15, -0.1) is 12.4 Å². The fraction of sp³-hybridized carbons (Fsp3) is 1.00. The van der Waals surface area contributed by atoms with Gasteiger partial charge in [-0.3, -0.25) is 0 Å². The van der Waals surface area contributed by atoms with Crippen LogP contribution in [0.5, 0.6) is 0 Å². The Kier molecular flexibility index (Phi) is 3.58. The Morgan fingerprint density at radius 2 is 2.20 bits per heavy atom. The van der Waals surface area contributed by atoms with Crippen molar-refractivity contribution in [3.05, 3.63) is 0 Å². The SMILES string of the molecule is Cl.NCC1CCS(=O)(=O)N1. The normalized spacial score (nSPS) is 29.5. The van der Waals surface area contributed by atoms with Crippen LogP contribution in [0.3, 0.4) is 0 Å². The fourth-order valence-electron chi connectivity index (χ4n) is 0.835. The Hall–Kier alpha value is 0.160. The predicted molar refractivity (Wildman–Crippen MR) is 41.6 cm³/mol. The van der Waals surface area contributed by atoms with Crippen molar-refractivity contribution in [2.24, 2.45) is 5.73 Å². The van der Waals surface area contributed by atoms with E-state index in [2.05, 4.69) is 4.72 Å². The number of nitrogens with two attached hydrogens (primary N) is 1. The van der Waals surface area contributed by atoms with Gasteiger partial charge in [0.1, 0.15) is 0 Å². The lowest BCUT2D eigenvalue weighted by Crippen LogP contribution is -2.32. The van der Waals surface area contributed by atoms with E-state index in [0.717, 1.165) is 0 Å². The van der Waals surface area contributed by atoms with Crippen molar-refractivity contribution in [1.29, 1.82) is 0 Å². The van der Waals surface area contributed by atoms with Gasteiger partial charge in [-0.05, 0) is 6.42 Å². The number of rotatable bonds is 1. The molecule has 1 rings (SSSR count). The molecule has 0 spiro atoms. The molecule has 0 aromatic rings. The van der Waals surface area contributed by atoms with Crippen LogP contribution in [0.25, 0.3) is 0 Å². The van der Waals surface area contributed by atoms with E-state index in [1.54, 1.807) is 0 Å². The second kappa shape index (κ2) is 3.52. The van der Waals surface area contributed by atoms with Crippen LogP contribution in [0.15, 0.2) is 0 Å². The smallest absolute Gasteiger partial charge is 0.211 e. The molecule has 1 atom stereocenters. The van der Waals surface area contributed by atoms with Gasteiger partial charge in [-0.25, -0.2) is 13.1 Å². The number of hydrogen-bond donors (Lipinski definition) is 2. The third-order valence-electron chi connectivity index (χ3n) is 1.37. The van der Waals surface area contributed by atoms with E-state index >= 15 is 0 Å². The van der Waals surface area contributed by atoms with Crippen molar-refractivity contribution in [1.82, 2.24) is 4.72 Å². The molecule has 1 heterocycles. The van der Waals surface area contributed by atoms with Gasteiger partial charge in [-0.1, -0.05) is 0 Å². The highest BCUT2D eigenvalue weighted by atomic mass is 35.5. The average molecular weight is 187 g/mol. The lowest BCUT2D eigenvalue weighted by molar-refractivity contribution is 0.582. The molecular formula is C4H11ClN2O2S. The minimum Gasteiger partial charge on any atom is -0.329 e. The summed E-state index contributed by atoms with van der Waals surface area (Å²) >= 11 is 0. The van der Waals surface area contributed by atoms with E-state index < -0.39 is 10.0 Å². The maximum Gasteiger partial charge on any atom is 0.211 e. The second-order valence-electron chi connectivity index (χ2n) is 2.16. The van der Waals surface area contributed by atoms with Crippen LogP contribution >= 0.6 is 12.4 Å². The first kappa shape index (κ1) is 10.2. The van der Waals surface area contributed by atoms with Gasteiger partial charge in [0.05, 0.1) is 5.75 Å². The van der Waals surface area contributed by atoms with Crippen molar-refractivity contribution in [3.63, 3.8) is 0 Å². The second-order valence-corrected chi connectivity index (χ2v) is 4.03. The third kappa shape index (κ3) is 2.42. The molecule has 3 N–H and O–H groups in total. The zero-order chi connectivity index (χ0) is 6.91. The zero-order valence-electron chi connectivity index (χ0n) is 5.41. The molecule has 0 bridgehead atoms. The first-order valence-electron chi connectivity index (χ1n) is 2.84. The van der Waals surface area contributed by atoms with E-state index in [1.165, 1.54) is 0 Å². The molecule has 0 aromatic carbocycles. The predicted octanol–water partition coefficient (Wildman–Crippen LogP) is -0.941. The number of hydrogen-bond acceptors (Lipinski definition) is 3. The Labute approximate surface area is 66.6 Å². The molecular weight excluding hydrogens is 176 g/mol. The first-order chi connectivity index (χ1) is 4.14. The largest absolute Gasteiger partial charge is 0.329 e. The Balaban J connectivity index is 0.000000810. The molecule has 0 aliphatic carbocycles. The first-order valence-corrected chi connectivity index (χ1v) is 4.49. The van der Waals surface area contributed by atoms with Crippen LogP contribution in [0.4, 0.5) is 0 Å². The molecule has 62 valence electrons. The van der Waals surface area contributed by atoms with Crippen LogP contribution in [0.1, 0.15) is 6.42 Å². The number of sulfonamides is 1. The standard InChI is InChI=1S/C4H10N2O2S.ClH/c5-3-4-1-2-9(7,8)6-4;/h4,6H,1-3,5H2;1H. The van der Waals surface area contributed by atoms with Gasteiger partial charge in [0.2, 0.25) is 10.0 Å². The molecule has 1 fully saturated rings. The topological polar surface area (TPSA) is 72.2 Å². The summed E-state index contributed by atoms with van der Waals surface area (Å²) in [5, 5.41) is 0. The Bertz CT molecular complexity index is 191. The van der Waals surface area contributed by atoms with E-state index in [1.807, 2.05) is 0 Å². The Morgan fingerprint density at radius 1 is 1.60 bits per heavy atom. The van der Waals surface area contributed by atoms with Gasteiger partial charge in [0.25, 0.3) is 0 Å². The van der Waals surface area contributed by atoms with E-state index in [0.29, 0.717) is 13.0 Å². The summed E-state index contributed by atoms with van der Waals surface area (Å²) in [6, 6.07) is -0.0185. The molecule has 0 radical (unpaired) electrons. The molecule has 4 nitrogen and oxygen atoms in total. The lowest BCUT2D eigenvalue weighted by atomic mass is 10.2. The summed E-state index contributed by atoms with van der Waals surface area (Å²) in [5.74, 6) is 0.231. The van der Waals surface area contributed by atoms with Crippen molar-refractivity contribution < 1.29 is 8.42 Å². The fourth-order valence-corrected chi connectivity index (χ4v) is 2.27. The van der Waals surface area contributed by atoms with Gasteiger partial charge in [0, 0.05) is 12.6 Å². The van der Waals surface area contributed by atoms with Gasteiger partial charge in [0.15, 0.2) is 0 Å². The van der Waals surface area contributed by atoms with E-state index in [4.69, 9.17) is 5.73 Å². The van der Waals surface area contributed by atoms with Crippen molar-refractivity contribution in [3.8, 4) is 0 Å². The molecule has 0 aromatic heterocycles. The maximum absolute atomic E-state index is 10.6. The molecule has 1 unspecified atom stereocenters. The minimum absolute atomic E-state index is 0. The monoisotopic (exact) mass is 186 g/mol. The van der Waals surface area contributed by atoms with Crippen LogP contribution in [-0.4, -0.2) is 26.8 Å². The van der Waals surface area contributed by atoms with Crippen molar-refractivity contribution in [2.45, 2.75) is 12.5 Å². The summed E-state index contributed by atoms with van der Waals surface area (Å²) in [5.41, 5.74) is 5.23. The summed E-state index contributed by atoms with van der Waals surface area (Å²) < 4.78 is 23.7. The number of halogens is 1. The van der Waals surface area contributed by atoms with Crippen LogP contribution in [0.2, 0.25) is 0 Å². The number of nitrogens with one attached hydrogen (secondary N) is 1. The van der Waals surface area contributed by atoms with Crippen LogP contribution in [0, 0.1) is 0 Å². The molecule has 0 amide bonds. The summed E-state index contributed by atoms with van der Waals surface area (Å²) in [7, 11) is -2.94. The average Bonchev–Trinajstić information content (AvgIpc) is 2.10. The maximum atomic E-state index is 10.6. The summed E-state index contributed by atoms with van der Waals surface area (Å²) in [4.78, 5) is 0. The van der Waals surface area contributed by atoms with E-state index in [9.17, 15) is 8.42 Å². The van der Waals surface area contributed by atoms with Crippen LogP contribution < -0.4 is 10.5 Å². The molecule has 1 aliphatic rings. The third-order valence-corrected chi connectivity index (χ3v) is 2.83. The molecule has 1 saturated heterocycles. The zero-order valence-corrected chi connectivity index (χ0v) is 7.04. The molecule has 1 aliphatic heterocycles. The molecule has 0 saturated carbocycles. The Morgan fingerprint density at radius 3 is 2.40 bits per heavy atom. The highest BCUT2D eigenvalue weighted by Crippen LogP contribution is 2.04. The van der Waals surface area contributed by atoms with Gasteiger partial charge < -0.3 is 5.73 Å². The summed E-state index contributed by atoms with van der Waals surface area (Å²) in [6.07, 6.45) is 0.652.